The van der Waals surface area contributed by atoms with Gasteiger partial charge < -0.3 is 4.90 Å². The van der Waals surface area contributed by atoms with E-state index in [4.69, 9.17) is 0 Å². The predicted octanol–water partition coefficient (Wildman–Crippen LogP) is 4.28. The van der Waals surface area contributed by atoms with E-state index < -0.39 is 0 Å². The van der Waals surface area contributed by atoms with E-state index in [0.29, 0.717) is 5.92 Å². The maximum absolute atomic E-state index is 12.8. The highest BCUT2D eigenvalue weighted by molar-refractivity contribution is 5.94. The SMILES string of the molecule is Cc1ccnn1-c1ccc(C(=O)N2CCC(Cc3ccccc3)CC2)cc1. The van der Waals surface area contributed by atoms with E-state index in [2.05, 4.69) is 35.4 Å². The van der Waals surface area contributed by atoms with Gasteiger partial charge in [-0.1, -0.05) is 30.3 Å². The van der Waals surface area contributed by atoms with Crippen molar-refractivity contribution in [2.24, 2.45) is 5.92 Å². The van der Waals surface area contributed by atoms with Crippen LogP contribution in [-0.2, 0) is 6.42 Å². The maximum Gasteiger partial charge on any atom is 0.253 e. The fourth-order valence-electron chi connectivity index (χ4n) is 3.86. The van der Waals surface area contributed by atoms with Crippen LogP contribution in [0.4, 0.5) is 0 Å². The number of hydrogen-bond acceptors (Lipinski definition) is 2. The van der Waals surface area contributed by atoms with Gasteiger partial charge in [0.1, 0.15) is 0 Å². The molecule has 0 spiro atoms. The topological polar surface area (TPSA) is 38.1 Å². The Bertz CT molecular complexity index is 891. The summed E-state index contributed by atoms with van der Waals surface area (Å²) in [6.07, 6.45) is 5.05. The predicted molar refractivity (Wildman–Crippen MR) is 107 cm³/mol. The molecule has 4 nitrogen and oxygen atoms in total. The van der Waals surface area contributed by atoms with E-state index >= 15 is 0 Å². The number of piperidine rings is 1. The molecule has 0 aliphatic carbocycles. The summed E-state index contributed by atoms with van der Waals surface area (Å²) in [4.78, 5) is 14.8. The van der Waals surface area contributed by atoms with Gasteiger partial charge >= 0.3 is 0 Å². The Kier molecular flexibility index (Phi) is 5.05. The Balaban J connectivity index is 1.36. The summed E-state index contributed by atoms with van der Waals surface area (Å²) in [7, 11) is 0. The average Bonchev–Trinajstić information content (AvgIpc) is 3.15. The van der Waals surface area contributed by atoms with Gasteiger partial charge in [-0.25, -0.2) is 4.68 Å². The summed E-state index contributed by atoms with van der Waals surface area (Å²) >= 11 is 0. The first-order valence-electron chi connectivity index (χ1n) is 9.65. The van der Waals surface area contributed by atoms with E-state index in [-0.39, 0.29) is 5.91 Å². The van der Waals surface area contributed by atoms with Crippen LogP contribution < -0.4 is 0 Å². The number of nitrogens with zero attached hydrogens (tertiary/aromatic N) is 3. The molecule has 3 aromatic rings. The molecule has 2 aromatic carbocycles. The standard InChI is InChI=1S/C23H25N3O/c1-18-11-14-24-26(18)22-9-7-21(8-10-22)23(27)25-15-12-20(13-16-25)17-19-5-3-2-4-6-19/h2-11,14,20H,12-13,15-17H2,1H3. The lowest BCUT2D eigenvalue weighted by atomic mass is 9.90. The van der Waals surface area contributed by atoms with Crippen molar-refractivity contribution in [2.45, 2.75) is 26.2 Å². The maximum atomic E-state index is 12.8. The monoisotopic (exact) mass is 359 g/mol. The molecular weight excluding hydrogens is 334 g/mol. The lowest BCUT2D eigenvalue weighted by Gasteiger charge is -2.32. The first-order valence-corrected chi connectivity index (χ1v) is 9.65. The van der Waals surface area contributed by atoms with Crippen molar-refractivity contribution in [1.29, 1.82) is 0 Å². The summed E-state index contributed by atoms with van der Waals surface area (Å²) in [6.45, 7) is 3.71. The van der Waals surface area contributed by atoms with Crippen LogP contribution in [0, 0.1) is 12.8 Å². The van der Waals surface area contributed by atoms with Crippen LogP contribution in [0.5, 0.6) is 0 Å². The second-order valence-corrected chi connectivity index (χ2v) is 7.36. The van der Waals surface area contributed by atoms with Crippen LogP contribution in [0.2, 0.25) is 0 Å². The third kappa shape index (κ3) is 3.95. The molecule has 4 heteroatoms. The molecule has 0 unspecified atom stereocenters. The van der Waals surface area contributed by atoms with E-state index in [1.807, 2.05) is 46.8 Å². The minimum Gasteiger partial charge on any atom is -0.339 e. The molecule has 0 radical (unpaired) electrons. The number of aromatic nitrogens is 2. The van der Waals surface area contributed by atoms with Crippen molar-refractivity contribution in [2.75, 3.05) is 13.1 Å². The number of carbonyl (C=O) groups is 1. The van der Waals surface area contributed by atoms with Gasteiger partial charge in [0.05, 0.1) is 5.69 Å². The molecule has 0 N–H and O–H groups in total. The summed E-state index contributed by atoms with van der Waals surface area (Å²) < 4.78 is 1.88. The summed E-state index contributed by atoms with van der Waals surface area (Å²) in [5, 5.41) is 4.31. The van der Waals surface area contributed by atoms with Gasteiger partial charge in [0.15, 0.2) is 0 Å². The zero-order chi connectivity index (χ0) is 18.6. The number of aryl methyl sites for hydroxylation is 1. The number of hydrogen-bond donors (Lipinski definition) is 0. The van der Waals surface area contributed by atoms with Gasteiger partial charge in [0, 0.05) is 30.5 Å². The van der Waals surface area contributed by atoms with Crippen molar-refractivity contribution in [3.05, 3.63) is 83.7 Å². The molecule has 0 saturated carbocycles. The fourth-order valence-corrected chi connectivity index (χ4v) is 3.86. The fraction of sp³-hybridized carbons (Fsp3) is 0.304. The van der Waals surface area contributed by atoms with Gasteiger partial charge in [-0.3, -0.25) is 4.79 Å². The molecule has 1 saturated heterocycles. The molecule has 1 aliphatic rings. The van der Waals surface area contributed by atoms with Crippen LogP contribution in [0.25, 0.3) is 5.69 Å². The number of benzene rings is 2. The third-order valence-corrected chi connectivity index (χ3v) is 5.46. The van der Waals surface area contributed by atoms with Gasteiger partial charge in [0.2, 0.25) is 0 Å². The number of amides is 1. The van der Waals surface area contributed by atoms with E-state index in [0.717, 1.165) is 49.3 Å². The van der Waals surface area contributed by atoms with Crippen LogP contribution in [-0.4, -0.2) is 33.7 Å². The molecule has 0 bridgehead atoms. The smallest absolute Gasteiger partial charge is 0.253 e. The summed E-state index contributed by atoms with van der Waals surface area (Å²) in [5.74, 6) is 0.804. The minimum absolute atomic E-state index is 0.136. The Morgan fingerprint density at radius 1 is 1.00 bits per heavy atom. The molecule has 1 aliphatic heterocycles. The highest BCUT2D eigenvalue weighted by atomic mass is 16.2. The largest absolute Gasteiger partial charge is 0.339 e. The lowest BCUT2D eigenvalue weighted by molar-refractivity contribution is 0.0690. The van der Waals surface area contributed by atoms with Crippen molar-refractivity contribution in [3.8, 4) is 5.69 Å². The van der Waals surface area contributed by atoms with E-state index in [9.17, 15) is 4.79 Å². The quantitative estimate of drug-likeness (QED) is 0.697. The lowest BCUT2D eigenvalue weighted by Crippen LogP contribution is -2.38. The average molecular weight is 359 g/mol. The molecule has 1 amide bonds. The van der Waals surface area contributed by atoms with Crippen molar-refractivity contribution < 1.29 is 4.79 Å². The number of likely N-dealkylation sites (tertiary alicyclic amines) is 1. The molecular formula is C23H25N3O. The zero-order valence-electron chi connectivity index (χ0n) is 15.7. The van der Waals surface area contributed by atoms with Crippen molar-refractivity contribution in [3.63, 3.8) is 0 Å². The normalized spacial score (nSPS) is 15.1. The van der Waals surface area contributed by atoms with Gasteiger partial charge in [-0.2, -0.15) is 5.10 Å². The number of rotatable bonds is 4. The Morgan fingerprint density at radius 3 is 2.33 bits per heavy atom. The van der Waals surface area contributed by atoms with Crippen LogP contribution in [0.1, 0.15) is 34.5 Å². The molecule has 4 rings (SSSR count). The molecule has 1 fully saturated rings. The highest BCUT2D eigenvalue weighted by Crippen LogP contribution is 2.23. The summed E-state index contributed by atoms with van der Waals surface area (Å²) in [6, 6.07) is 20.4. The van der Waals surface area contributed by atoms with Crippen LogP contribution >= 0.6 is 0 Å². The van der Waals surface area contributed by atoms with Crippen molar-refractivity contribution in [1.82, 2.24) is 14.7 Å². The molecule has 1 aromatic heterocycles. The molecule has 27 heavy (non-hydrogen) atoms. The van der Waals surface area contributed by atoms with E-state index in [1.54, 1.807) is 6.20 Å². The molecule has 2 heterocycles. The highest BCUT2D eigenvalue weighted by Gasteiger charge is 2.23. The molecule has 138 valence electrons. The second kappa shape index (κ2) is 7.78. The Hall–Kier alpha value is -2.88. The Morgan fingerprint density at radius 2 is 1.70 bits per heavy atom. The number of carbonyl (C=O) groups excluding carboxylic acids is 1. The zero-order valence-corrected chi connectivity index (χ0v) is 15.7. The van der Waals surface area contributed by atoms with Gasteiger partial charge in [-0.15, -0.1) is 0 Å². The van der Waals surface area contributed by atoms with E-state index in [1.165, 1.54) is 5.56 Å². The van der Waals surface area contributed by atoms with Crippen LogP contribution in [0.3, 0.4) is 0 Å². The van der Waals surface area contributed by atoms with Gasteiger partial charge in [0.25, 0.3) is 5.91 Å². The van der Waals surface area contributed by atoms with Crippen molar-refractivity contribution >= 4 is 5.91 Å². The second-order valence-electron chi connectivity index (χ2n) is 7.36. The third-order valence-electron chi connectivity index (χ3n) is 5.46. The van der Waals surface area contributed by atoms with Crippen LogP contribution in [0.15, 0.2) is 66.9 Å². The minimum atomic E-state index is 0.136. The van der Waals surface area contributed by atoms with Gasteiger partial charge in [-0.05, 0) is 68.0 Å². The first-order chi connectivity index (χ1) is 13.2. The molecule has 0 atom stereocenters. The summed E-state index contributed by atoms with van der Waals surface area (Å²) in [5.41, 5.74) is 4.21. The first kappa shape index (κ1) is 17.5. The Labute approximate surface area is 160 Å².